The monoisotopic (exact) mass is 601 g/mol. The molecule has 3 N–H and O–H groups in total. The van der Waals surface area contributed by atoms with Crippen LogP contribution in [0.25, 0.3) is 11.1 Å². The molecule has 2 aromatic heterocycles. The van der Waals surface area contributed by atoms with Crippen LogP contribution in [0.5, 0.6) is 0 Å². The summed E-state index contributed by atoms with van der Waals surface area (Å²) in [6.07, 6.45) is -2.80. The summed E-state index contributed by atoms with van der Waals surface area (Å²) in [7, 11) is 0. The first-order valence-corrected chi connectivity index (χ1v) is 13.3. The Morgan fingerprint density at radius 3 is 2.49 bits per heavy atom. The molecule has 0 unspecified atom stereocenters. The van der Waals surface area contributed by atoms with E-state index in [1.54, 1.807) is 19.1 Å². The largest absolute Gasteiger partial charge is 0.435 e. The minimum absolute atomic E-state index is 0.0631. The van der Waals surface area contributed by atoms with Gasteiger partial charge in [0.25, 0.3) is 5.91 Å². The van der Waals surface area contributed by atoms with Gasteiger partial charge in [0.05, 0.1) is 17.3 Å². The number of hydrogen-bond donors (Lipinski definition) is 2. The van der Waals surface area contributed by atoms with Crippen LogP contribution in [-0.4, -0.2) is 26.6 Å². The van der Waals surface area contributed by atoms with Gasteiger partial charge in [0.15, 0.2) is 5.69 Å². The maximum absolute atomic E-state index is 14.2. The van der Waals surface area contributed by atoms with Gasteiger partial charge in [-0.05, 0) is 66.6 Å². The lowest BCUT2D eigenvalue weighted by atomic mass is 9.94. The van der Waals surface area contributed by atoms with Gasteiger partial charge >= 0.3 is 6.18 Å². The van der Waals surface area contributed by atoms with Gasteiger partial charge in [-0.2, -0.15) is 18.3 Å². The maximum atomic E-state index is 14.2. The first-order chi connectivity index (χ1) is 20.3. The number of alkyl halides is 3. The Bertz CT molecular complexity index is 1700. The molecule has 2 amide bonds. The van der Waals surface area contributed by atoms with E-state index in [1.807, 2.05) is 0 Å². The van der Waals surface area contributed by atoms with Crippen molar-refractivity contribution in [2.24, 2.45) is 5.73 Å². The van der Waals surface area contributed by atoms with Gasteiger partial charge in [0.1, 0.15) is 24.0 Å². The second kappa shape index (κ2) is 11.5. The summed E-state index contributed by atoms with van der Waals surface area (Å²) in [5, 5.41) is 6.45. The Labute approximate surface area is 241 Å². The van der Waals surface area contributed by atoms with Crippen LogP contribution in [0, 0.1) is 17.5 Å². The van der Waals surface area contributed by atoms with Crippen molar-refractivity contribution in [2.75, 3.05) is 0 Å². The van der Waals surface area contributed by atoms with E-state index >= 15 is 0 Å². The highest BCUT2D eigenvalue weighted by Crippen LogP contribution is 2.41. The number of fused-ring (bicyclic) bond motifs is 1. The van der Waals surface area contributed by atoms with Crippen LogP contribution in [-0.2, 0) is 30.4 Å². The predicted molar refractivity (Wildman–Crippen MR) is 143 cm³/mol. The van der Waals surface area contributed by atoms with E-state index in [4.69, 9.17) is 5.73 Å². The van der Waals surface area contributed by atoms with Crippen LogP contribution < -0.4 is 11.1 Å². The average Bonchev–Trinajstić information content (AvgIpc) is 3.48. The molecule has 2 aromatic carbocycles. The molecule has 2 atom stereocenters. The van der Waals surface area contributed by atoms with Crippen LogP contribution in [0.4, 0.5) is 26.3 Å². The van der Waals surface area contributed by atoms with Crippen molar-refractivity contribution in [3.8, 4) is 11.1 Å². The summed E-state index contributed by atoms with van der Waals surface area (Å²) >= 11 is 0. The van der Waals surface area contributed by atoms with Gasteiger partial charge in [0, 0.05) is 29.1 Å². The molecule has 0 spiro atoms. The molecule has 2 heterocycles. The van der Waals surface area contributed by atoms with Gasteiger partial charge in [0.2, 0.25) is 5.91 Å². The second-order valence-electron chi connectivity index (χ2n) is 10.4. The lowest BCUT2D eigenvalue weighted by Gasteiger charge is -2.22. The number of nitrogens with one attached hydrogen (secondary N) is 1. The molecule has 43 heavy (non-hydrogen) atoms. The minimum atomic E-state index is -4.69. The fourth-order valence-corrected chi connectivity index (χ4v) is 5.53. The third-order valence-electron chi connectivity index (χ3n) is 7.36. The number of pyridine rings is 1. The molecule has 5 rings (SSSR count). The van der Waals surface area contributed by atoms with Crippen molar-refractivity contribution in [1.82, 2.24) is 20.1 Å². The maximum Gasteiger partial charge on any atom is 0.435 e. The van der Waals surface area contributed by atoms with E-state index in [9.17, 15) is 35.9 Å². The highest BCUT2D eigenvalue weighted by Gasteiger charge is 2.42. The lowest BCUT2D eigenvalue weighted by molar-refractivity contribution is -0.142. The van der Waals surface area contributed by atoms with Crippen LogP contribution >= 0.6 is 0 Å². The van der Waals surface area contributed by atoms with Gasteiger partial charge in [-0.1, -0.05) is 19.1 Å². The standard InChI is InChI=1S/C30H25F6N5O2/c1-15-4-6-21-27(15)41(40-28(21)30(34,35)36)14-25(42)39-24(11-16-9-18(31)13-19(32)10-16)26-20(3-2-8-38-26)17-5-7-23(33)22(12-17)29(37)43/h2-3,5,7-10,12-13,15,24H,4,6,11,14H2,1H3,(H2,37,43)(H,39,42)/t15-,24+/m1/s1. The topological polar surface area (TPSA) is 103 Å². The van der Waals surface area contributed by atoms with Crippen molar-refractivity contribution >= 4 is 11.8 Å². The summed E-state index contributed by atoms with van der Waals surface area (Å²) < 4.78 is 84.4. The molecular formula is C30H25F6N5O2. The van der Waals surface area contributed by atoms with E-state index < -0.39 is 53.7 Å². The predicted octanol–water partition coefficient (Wildman–Crippen LogP) is 5.63. The van der Waals surface area contributed by atoms with Crippen molar-refractivity contribution in [1.29, 1.82) is 0 Å². The molecule has 0 aliphatic heterocycles. The van der Waals surface area contributed by atoms with Crippen LogP contribution in [0.15, 0.2) is 54.7 Å². The number of halogens is 6. The Balaban J connectivity index is 1.53. The van der Waals surface area contributed by atoms with E-state index in [0.717, 1.165) is 22.9 Å². The zero-order valence-corrected chi connectivity index (χ0v) is 22.7. The number of hydrogen-bond acceptors (Lipinski definition) is 4. The number of aromatic nitrogens is 3. The van der Waals surface area contributed by atoms with Gasteiger partial charge < -0.3 is 11.1 Å². The number of nitrogens with two attached hydrogens (primary N) is 1. The number of carbonyl (C=O) groups is 2. The van der Waals surface area contributed by atoms with E-state index in [0.29, 0.717) is 29.3 Å². The van der Waals surface area contributed by atoms with Crippen LogP contribution in [0.3, 0.4) is 0 Å². The summed E-state index contributed by atoms with van der Waals surface area (Å²) in [6.45, 7) is 1.20. The fourth-order valence-electron chi connectivity index (χ4n) is 5.53. The Morgan fingerprint density at radius 2 is 1.81 bits per heavy atom. The molecule has 224 valence electrons. The zero-order chi connectivity index (χ0) is 31.1. The number of carbonyl (C=O) groups excluding carboxylic acids is 2. The molecule has 0 radical (unpaired) electrons. The van der Waals surface area contributed by atoms with E-state index in [2.05, 4.69) is 15.4 Å². The SMILES string of the molecule is C[C@@H]1CCc2c(C(F)(F)F)nn(CC(=O)N[C@@H](Cc3cc(F)cc(F)c3)c3ncccc3-c3ccc(F)c(C(N)=O)c3)c21. The quantitative estimate of drug-likeness (QED) is 0.256. The zero-order valence-electron chi connectivity index (χ0n) is 22.7. The first kappa shape index (κ1) is 29.8. The molecule has 13 heteroatoms. The molecule has 0 bridgehead atoms. The fraction of sp³-hybridized carbons (Fsp3) is 0.267. The highest BCUT2D eigenvalue weighted by atomic mass is 19.4. The van der Waals surface area contributed by atoms with Crippen molar-refractivity contribution in [3.63, 3.8) is 0 Å². The molecule has 1 aliphatic carbocycles. The van der Waals surface area contributed by atoms with E-state index in [-0.39, 0.29) is 41.1 Å². The number of nitrogens with zero attached hydrogens (tertiary/aromatic N) is 3. The molecule has 0 saturated heterocycles. The van der Waals surface area contributed by atoms with Gasteiger partial charge in [-0.3, -0.25) is 19.3 Å². The molecule has 4 aromatic rings. The lowest BCUT2D eigenvalue weighted by Crippen LogP contribution is -2.34. The average molecular weight is 602 g/mol. The van der Waals surface area contributed by atoms with Gasteiger partial charge in [-0.15, -0.1) is 0 Å². The number of rotatable bonds is 8. The Kier molecular flexibility index (Phi) is 8.00. The summed E-state index contributed by atoms with van der Waals surface area (Å²) in [5.41, 5.74) is 5.29. The normalized spacial score (nSPS) is 15.3. The molecule has 0 saturated carbocycles. The van der Waals surface area contributed by atoms with Crippen LogP contribution in [0.1, 0.15) is 63.9 Å². The molecule has 1 aliphatic rings. The minimum Gasteiger partial charge on any atom is -0.366 e. The number of amides is 2. The number of primary amides is 1. The Hall–Kier alpha value is -4.68. The van der Waals surface area contributed by atoms with E-state index in [1.165, 1.54) is 18.3 Å². The van der Waals surface area contributed by atoms with Crippen molar-refractivity contribution in [3.05, 3.63) is 106 Å². The summed E-state index contributed by atoms with van der Waals surface area (Å²) in [6, 6.07) is 8.54. The highest BCUT2D eigenvalue weighted by molar-refractivity contribution is 5.94. The van der Waals surface area contributed by atoms with Gasteiger partial charge in [-0.25, -0.2) is 13.2 Å². The smallest absolute Gasteiger partial charge is 0.366 e. The second-order valence-corrected chi connectivity index (χ2v) is 10.4. The number of benzene rings is 2. The molecule has 0 fully saturated rings. The third kappa shape index (κ3) is 6.25. The molecule has 7 nitrogen and oxygen atoms in total. The first-order valence-electron chi connectivity index (χ1n) is 13.3. The third-order valence-corrected chi connectivity index (χ3v) is 7.36. The van der Waals surface area contributed by atoms with Crippen molar-refractivity contribution < 1.29 is 35.9 Å². The summed E-state index contributed by atoms with van der Waals surface area (Å²) in [4.78, 5) is 29.5. The van der Waals surface area contributed by atoms with Crippen molar-refractivity contribution in [2.45, 2.75) is 50.9 Å². The Morgan fingerprint density at radius 1 is 1.09 bits per heavy atom. The van der Waals surface area contributed by atoms with Crippen LogP contribution in [0.2, 0.25) is 0 Å². The molecular weight excluding hydrogens is 576 g/mol. The summed E-state index contributed by atoms with van der Waals surface area (Å²) in [5.74, 6) is -4.55.